The molecule has 0 aromatic carbocycles. The van der Waals surface area contributed by atoms with Crippen LogP contribution in [0.25, 0.3) is 0 Å². The summed E-state index contributed by atoms with van der Waals surface area (Å²) in [4.78, 5) is 2.46. The molecule has 9 atom stereocenters. The average molecular weight is 413 g/mol. The Kier molecular flexibility index (Phi) is 6.71. The molecule has 1 saturated carbocycles. The topological polar surface area (TPSA) is 35.5 Å². The van der Waals surface area contributed by atoms with Gasteiger partial charge in [0.2, 0.25) is 0 Å². The molecule has 2 saturated heterocycles. The van der Waals surface area contributed by atoms with Crippen molar-refractivity contribution in [2.45, 2.75) is 89.2 Å². The van der Waals surface area contributed by atoms with Crippen molar-refractivity contribution in [1.82, 2.24) is 10.2 Å². The molecule has 28 heavy (non-hydrogen) atoms. The van der Waals surface area contributed by atoms with Crippen LogP contribution in [0.5, 0.6) is 0 Å². The molecule has 0 amide bonds. The molecule has 0 aromatic heterocycles. The third-order valence-electron chi connectivity index (χ3n) is 8.39. The van der Waals surface area contributed by atoms with Gasteiger partial charge in [-0.15, -0.1) is 0 Å². The van der Waals surface area contributed by atoms with E-state index in [9.17, 15) is 9.50 Å². The van der Waals surface area contributed by atoms with Crippen molar-refractivity contribution in [2.24, 2.45) is 29.6 Å². The number of hydrogen-bond donors (Lipinski definition) is 2. The maximum absolute atomic E-state index is 14.1. The third-order valence-corrected chi connectivity index (χ3v) is 8.68. The summed E-state index contributed by atoms with van der Waals surface area (Å²) in [6.45, 7) is 6.40. The number of piperidine rings is 1. The van der Waals surface area contributed by atoms with Gasteiger partial charge in [0.15, 0.2) is 0 Å². The van der Waals surface area contributed by atoms with Crippen molar-refractivity contribution in [1.29, 1.82) is 0 Å². The summed E-state index contributed by atoms with van der Waals surface area (Å²) in [6.07, 6.45) is 10.8. The van der Waals surface area contributed by atoms with Crippen LogP contribution in [0.2, 0.25) is 0 Å². The molecule has 0 aromatic rings. The molecular weight excluding hydrogens is 375 g/mol. The highest BCUT2D eigenvalue weighted by Crippen LogP contribution is 2.48. The summed E-state index contributed by atoms with van der Waals surface area (Å²) in [5, 5.41) is 13.7. The van der Waals surface area contributed by atoms with E-state index in [-0.39, 0.29) is 12.0 Å². The number of halogens is 2. The van der Waals surface area contributed by atoms with E-state index in [4.69, 9.17) is 11.6 Å². The zero-order valence-corrected chi connectivity index (χ0v) is 18.3. The fourth-order valence-corrected chi connectivity index (χ4v) is 7.23. The number of rotatable bonds is 3. The number of allylic oxidation sites excluding steroid dienone is 2. The Bertz CT molecular complexity index is 571. The summed E-state index contributed by atoms with van der Waals surface area (Å²) in [7, 11) is 0. The fourth-order valence-electron chi connectivity index (χ4n) is 6.96. The minimum atomic E-state index is -0.784. The molecule has 0 bridgehead atoms. The molecule has 2 heterocycles. The minimum Gasteiger partial charge on any atom is -0.376 e. The lowest BCUT2D eigenvalue weighted by Crippen LogP contribution is -2.62. The number of nitrogens with zero attached hydrogens (tertiary/aromatic N) is 1. The molecule has 3 fully saturated rings. The maximum Gasteiger partial charge on any atom is 0.143 e. The predicted octanol–water partition coefficient (Wildman–Crippen LogP) is 4.69. The van der Waals surface area contributed by atoms with Gasteiger partial charge in [-0.3, -0.25) is 4.90 Å². The van der Waals surface area contributed by atoms with Crippen LogP contribution in [0.3, 0.4) is 0 Å². The van der Waals surface area contributed by atoms with Crippen molar-refractivity contribution in [3.05, 3.63) is 11.6 Å². The van der Waals surface area contributed by atoms with E-state index in [0.717, 1.165) is 45.2 Å². The van der Waals surface area contributed by atoms with Gasteiger partial charge in [-0.25, -0.2) is 4.39 Å². The Morgan fingerprint density at radius 2 is 1.96 bits per heavy atom. The van der Waals surface area contributed by atoms with Crippen LogP contribution in [0.15, 0.2) is 11.6 Å². The summed E-state index contributed by atoms with van der Waals surface area (Å²) in [6, 6.07) is 0.0661. The number of aliphatic hydroxyl groups is 1. The molecule has 0 radical (unpaired) electrons. The molecule has 0 spiro atoms. The summed E-state index contributed by atoms with van der Waals surface area (Å²) >= 11 is 6.15. The maximum atomic E-state index is 14.1. The van der Waals surface area contributed by atoms with Gasteiger partial charge in [0.25, 0.3) is 0 Å². The third kappa shape index (κ3) is 4.17. The summed E-state index contributed by atoms with van der Waals surface area (Å²) in [5.74, 6) is 2.79. The predicted molar refractivity (Wildman–Crippen MR) is 113 cm³/mol. The first kappa shape index (κ1) is 21.1. The van der Waals surface area contributed by atoms with Gasteiger partial charge in [0.1, 0.15) is 11.7 Å². The Morgan fingerprint density at radius 3 is 2.71 bits per heavy atom. The summed E-state index contributed by atoms with van der Waals surface area (Å²) in [5.41, 5.74) is 0.770. The average Bonchev–Trinajstić information content (AvgIpc) is 2.69. The largest absolute Gasteiger partial charge is 0.376 e. The second-order valence-electron chi connectivity index (χ2n) is 10.0. The van der Waals surface area contributed by atoms with E-state index in [1.807, 2.05) is 0 Å². The van der Waals surface area contributed by atoms with Crippen LogP contribution in [-0.2, 0) is 0 Å². The molecule has 2 aliphatic heterocycles. The number of nitrogens with one attached hydrogen (secondary N) is 1. The number of fused-ring (bicyclic) bond motifs is 1. The quantitative estimate of drug-likeness (QED) is 0.521. The Labute approximate surface area is 175 Å². The van der Waals surface area contributed by atoms with Gasteiger partial charge < -0.3 is 10.4 Å². The first-order valence-corrected chi connectivity index (χ1v) is 12.0. The van der Waals surface area contributed by atoms with Crippen LogP contribution in [0.1, 0.15) is 65.2 Å². The SMILES string of the molecule is CC1=CCC[C@@H](C2CCC3NCCC(C(O)Cl)N3C2)C1C1CCC(F)C(C)C1. The molecular formula is C23H38ClFN2O. The van der Waals surface area contributed by atoms with Crippen LogP contribution in [0.4, 0.5) is 4.39 Å². The molecule has 160 valence electrons. The number of aliphatic hydroxyl groups excluding tert-OH is 1. The lowest BCUT2D eigenvalue weighted by atomic mass is 9.61. The van der Waals surface area contributed by atoms with Gasteiger partial charge in [0.05, 0.1) is 12.2 Å². The monoisotopic (exact) mass is 412 g/mol. The zero-order valence-electron chi connectivity index (χ0n) is 17.5. The molecule has 5 heteroatoms. The summed E-state index contributed by atoms with van der Waals surface area (Å²) < 4.78 is 14.1. The lowest BCUT2D eigenvalue weighted by molar-refractivity contribution is -0.0402. The molecule has 2 N–H and O–H groups in total. The van der Waals surface area contributed by atoms with E-state index in [2.05, 4.69) is 30.1 Å². The fraction of sp³-hybridized carbons (Fsp3) is 0.913. The standard InChI is InChI=1S/C23H38ClFN2O/c1-14-4-3-5-18(22(14)16-6-8-19(25)15(2)12-16)17-7-9-21-26-11-10-20(23(24)28)27(21)13-17/h4,15-23,26,28H,3,5-13H2,1-2H3/t15?,16?,17?,18-,19?,20?,21?,22?,23?/m0/s1. The molecule has 2 aliphatic carbocycles. The Balaban J connectivity index is 1.51. The number of alkyl halides is 2. The molecule has 4 rings (SSSR count). The zero-order chi connectivity index (χ0) is 19.8. The first-order valence-electron chi connectivity index (χ1n) is 11.6. The number of hydrogen-bond acceptors (Lipinski definition) is 3. The van der Waals surface area contributed by atoms with Crippen LogP contribution < -0.4 is 5.32 Å². The van der Waals surface area contributed by atoms with Crippen LogP contribution >= 0.6 is 11.6 Å². The van der Waals surface area contributed by atoms with Gasteiger partial charge in [0, 0.05) is 6.54 Å². The second kappa shape index (κ2) is 8.91. The van der Waals surface area contributed by atoms with Crippen molar-refractivity contribution < 1.29 is 9.50 Å². The Hall–Kier alpha value is -0.160. The second-order valence-corrected chi connectivity index (χ2v) is 10.5. The highest BCUT2D eigenvalue weighted by atomic mass is 35.5. The van der Waals surface area contributed by atoms with Gasteiger partial charge in [-0.2, -0.15) is 0 Å². The molecule has 8 unspecified atom stereocenters. The van der Waals surface area contributed by atoms with Crippen molar-refractivity contribution in [3.63, 3.8) is 0 Å². The van der Waals surface area contributed by atoms with E-state index in [0.29, 0.717) is 29.8 Å². The van der Waals surface area contributed by atoms with Gasteiger partial charge >= 0.3 is 0 Å². The highest BCUT2D eigenvalue weighted by molar-refractivity contribution is 6.19. The lowest BCUT2D eigenvalue weighted by Gasteiger charge is -2.52. The van der Waals surface area contributed by atoms with Crippen molar-refractivity contribution in [2.75, 3.05) is 13.1 Å². The first-order chi connectivity index (χ1) is 13.5. The van der Waals surface area contributed by atoms with E-state index in [1.165, 1.54) is 19.3 Å². The normalized spacial score (nSPS) is 46.5. The highest BCUT2D eigenvalue weighted by Gasteiger charge is 2.44. The molecule has 3 nitrogen and oxygen atoms in total. The van der Waals surface area contributed by atoms with Gasteiger partial charge in [-0.1, -0.05) is 30.2 Å². The van der Waals surface area contributed by atoms with E-state index < -0.39 is 11.7 Å². The molecule has 4 aliphatic rings. The van der Waals surface area contributed by atoms with Crippen LogP contribution in [-0.4, -0.2) is 47.0 Å². The smallest absolute Gasteiger partial charge is 0.143 e. The van der Waals surface area contributed by atoms with E-state index in [1.54, 1.807) is 5.57 Å². The van der Waals surface area contributed by atoms with Gasteiger partial charge in [-0.05, 0) is 94.4 Å². The van der Waals surface area contributed by atoms with E-state index >= 15 is 0 Å². The van der Waals surface area contributed by atoms with Crippen molar-refractivity contribution >= 4 is 11.6 Å². The van der Waals surface area contributed by atoms with Crippen LogP contribution in [0, 0.1) is 29.6 Å². The minimum absolute atomic E-state index is 0.0661. The Morgan fingerprint density at radius 1 is 1.18 bits per heavy atom. The van der Waals surface area contributed by atoms with Crippen molar-refractivity contribution in [3.8, 4) is 0 Å².